The zero-order valence-electron chi connectivity index (χ0n) is 15.3. The summed E-state index contributed by atoms with van der Waals surface area (Å²) in [6.07, 6.45) is 0.978. The van der Waals surface area contributed by atoms with Crippen LogP contribution in [0.2, 0.25) is 0 Å². The van der Waals surface area contributed by atoms with E-state index in [0.717, 1.165) is 16.9 Å². The van der Waals surface area contributed by atoms with Gasteiger partial charge in [-0.25, -0.2) is 0 Å². The van der Waals surface area contributed by atoms with Crippen molar-refractivity contribution < 1.29 is 23.7 Å². The van der Waals surface area contributed by atoms with Gasteiger partial charge in [-0.05, 0) is 35.7 Å². The molecule has 2 aromatic rings. The molecule has 0 radical (unpaired) electrons. The fourth-order valence-corrected chi connectivity index (χ4v) is 2.78. The number of carbonyl (C=O) groups is 1. The van der Waals surface area contributed by atoms with Gasteiger partial charge in [0.2, 0.25) is 5.75 Å². The fraction of sp³-hybridized carbons (Fsp3) is 0.350. The van der Waals surface area contributed by atoms with Crippen LogP contribution in [-0.2, 0) is 12.8 Å². The van der Waals surface area contributed by atoms with Crippen LogP contribution in [0, 0.1) is 0 Å². The summed E-state index contributed by atoms with van der Waals surface area (Å²) in [7, 11) is 6.25. The summed E-state index contributed by atoms with van der Waals surface area (Å²) in [5.74, 6) is 2.16. The van der Waals surface area contributed by atoms with E-state index in [1.165, 1.54) is 14.2 Å². The molecule has 0 aliphatic rings. The second kappa shape index (κ2) is 8.42. The van der Waals surface area contributed by atoms with Crippen molar-refractivity contribution in [3.05, 3.63) is 47.0 Å². The molecule has 0 aliphatic heterocycles. The zero-order valence-corrected chi connectivity index (χ0v) is 15.3. The summed E-state index contributed by atoms with van der Waals surface area (Å²) in [5.41, 5.74) is 2.30. The minimum Gasteiger partial charge on any atom is -0.497 e. The topological polar surface area (TPSA) is 54.0 Å². The number of aryl methyl sites for hydroxylation is 1. The highest BCUT2D eigenvalue weighted by Gasteiger charge is 2.23. The largest absolute Gasteiger partial charge is 0.497 e. The van der Waals surface area contributed by atoms with E-state index in [9.17, 15) is 4.79 Å². The molecule has 2 rings (SSSR count). The van der Waals surface area contributed by atoms with Crippen LogP contribution in [0.1, 0.15) is 28.4 Å². The number of Topliss-reactive ketones (excluding diaryl/α,β-unsaturated/α-hetero) is 1. The molecule has 0 spiro atoms. The predicted octanol–water partition coefficient (Wildman–Crippen LogP) is 3.71. The minimum atomic E-state index is -0.0438. The molecule has 134 valence electrons. The Labute approximate surface area is 148 Å². The van der Waals surface area contributed by atoms with Gasteiger partial charge in [0.05, 0.1) is 34.0 Å². The Morgan fingerprint density at radius 2 is 1.44 bits per heavy atom. The molecule has 2 aromatic carbocycles. The van der Waals surface area contributed by atoms with Gasteiger partial charge in [0.15, 0.2) is 17.3 Å². The molecule has 0 amide bonds. The maximum absolute atomic E-state index is 12.9. The summed E-state index contributed by atoms with van der Waals surface area (Å²) in [6, 6.07) is 9.26. The van der Waals surface area contributed by atoms with Gasteiger partial charge >= 0.3 is 0 Å². The smallest absolute Gasteiger partial charge is 0.204 e. The van der Waals surface area contributed by atoms with Crippen LogP contribution in [0.25, 0.3) is 0 Å². The number of hydrogen-bond donors (Lipinski definition) is 0. The van der Waals surface area contributed by atoms with Crippen LogP contribution in [0.5, 0.6) is 23.0 Å². The molecule has 0 saturated carbocycles. The Balaban J connectivity index is 2.43. The van der Waals surface area contributed by atoms with E-state index in [0.29, 0.717) is 29.2 Å². The lowest BCUT2D eigenvalue weighted by Crippen LogP contribution is -2.09. The first-order valence-electron chi connectivity index (χ1n) is 8.07. The van der Waals surface area contributed by atoms with E-state index < -0.39 is 0 Å². The van der Waals surface area contributed by atoms with Gasteiger partial charge in [0.25, 0.3) is 0 Å². The first-order valence-corrected chi connectivity index (χ1v) is 8.07. The molecular formula is C20H24O5. The van der Waals surface area contributed by atoms with Crippen molar-refractivity contribution >= 4 is 5.78 Å². The third-order valence-corrected chi connectivity index (χ3v) is 4.08. The van der Waals surface area contributed by atoms with Crippen molar-refractivity contribution in [2.75, 3.05) is 28.4 Å². The standard InChI is InChI=1S/C20H24O5/c1-6-14-12-16(19(24-4)20(25-5)18(14)23-3)17(21)11-13-7-9-15(22-2)10-8-13/h7-10,12H,6,11H2,1-5H3. The minimum absolute atomic E-state index is 0.0438. The van der Waals surface area contributed by atoms with E-state index in [-0.39, 0.29) is 12.2 Å². The molecule has 0 heterocycles. The summed E-state index contributed by atoms with van der Waals surface area (Å²) < 4.78 is 21.5. The Morgan fingerprint density at radius 1 is 0.840 bits per heavy atom. The van der Waals surface area contributed by atoms with Crippen molar-refractivity contribution in [2.45, 2.75) is 19.8 Å². The Morgan fingerprint density at radius 3 is 1.92 bits per heavy atom. The lowest BCUT2D eigenvalue weighted by molar-refractivity contribution is 0.0989. The molecule has 0 fully saturated rings. The predicted molar refractivity (Wildman–Crippen MR) is 96.5 cm³/mol. The maximum Gasteiger partial charge on any atom is 0.204 e. The van der Waals surface area contributed by atoms with E-state index in [2.05, 4.69) is 0 Å². The van der Waals surface area contributed by atoms with E-state index >= 15 is 0 Å². The van der Waals surface area contributed by atoms with E-state index in [1.807, 2.05) is 37.3 Å². The zero-order chi connectivity index (χ0) is 18.4. The molecule has 0 unspecified atom stereocenters. The first-order chi connectivity index (χ1) is 12.1. The monoisotopic (exact) mass is 344 g/mol. The number of ketones is 1. The Kier molecular flexibility index (Phi) is 6.28. The molecular weight excluding hydrogens is 320 g/mol. The average molecular weight is 344 g/mol. The molecule has 0 N–H and O–H groups in total. The van der Waals surface area contributed by atoms with Gasteiger partial charge in [-0.2, -0.15) is 0 Å². The second-order valence-electron chi connectivity index (χ2n) is 5.48. The first kappa shape index (κ1) is 18.6. The number of ether oxygens (including phenoxy) is 4. The van der Waals surface area contributed by atoms with Gasteiger partial charge < -0.3 is 18.9 Å². The van der Waals surface area contributed by atoms with E-state index in [1.54, 1.807) is 14.2 Å². The van der Waals surface area contributed by atoms with Crippen LogP contribution >= 0.6 is 0 Å². The van der Waals surface area contributed by atoms with Crippen LogP contribution in [0.4, 0.5) is 0 Å². The summed E-state index contributed by atoms with van der Waals surface area (Å²) in [5, 5.41) is 0. The Hall–Kier alpha value is -2.69. The molecule has 5 nitrogen and oxygen atoms in total. The lowest BCUT2D eigenvalue weighted by atomic mass is 9.98. The molecule has 0 aromatic heterocycles. The van der Waals surface area contributed by atoms with Crippen LogP contribution in [0.3, 0.4) is 0 Å². The van der Waals surface area contributed by atoms with Crippen molar-refractivity contribution in [1.29, 1.82) is 0 Å². The van der Waals surface area contributed by atoms with Crippen LogP contribution in [0.15, 0.2) is 30.3 Å². The quantitative estimate of drug-likeness (QED) is 0.683. The van der Waals surface area contributed by atoms with Crippen LogP contribution in [-0.4, -0.2) is 34.2 Å². The third kappa shape index (κ3) is 3.87. The average Bonchev–Trinajstić information content (AvgIpc) is 2.66. The summed E-state index contributed by atoms with van der Waals surface area (Å²) >= 11 is 0. The van der Waals surface area contributed by atoms with Crippen molar-refractivity contribution in [3.63, 3.8) is 0 Å². The normalized spacial score (nSPS) is 10.3. The SMILES string of the molecule is CCc1cc(C(=O)Cc2ccc(OC)cc2)c(OC)c(OC)c1OC. The van der Waals surface area contributed by atoms with Crippen molar-refractivity contribution in [3.8, 4) is 23.0 Å². The fourth-order valence-electron chi connectivity index (χ4n) is 2.78. The third-order valence-electron chi connectivity index (χ3n) is 4.08. The van der Waals surface area contributed by atoms with Crippen LogP contribution < -0.4 is 18.9 Å². The second-order valence-corrected chi connectivity index (χ2v) is 5.48. The van der Waals surface area contributed by atoms with E-state index in [4.69, 9.17) is 18.9 Å². The summed E-state index contributed by atoms with van der Waals surface area (Å²) in [6.45, 7) is 2.00. The highest BCUT2D eigenvalue weighted by molar-refractivity contribution is 6.01. The molecule has 0 bridgehead atoms. The summed E-state index contributed by atoms with van der Waals surface area (Å²) in [4.78, 5) is 12.9. The molecule has 5 heteroatoms. The number of methoxy groups -OCH3 is 4. The Bertz CT molecular complexity index is 735. The van der Waals surface area contributed by atoms with Crippen molar-refractivity contribution in [2.24, 2.45) is 0 Å². The number of rotatable bonds is 8. The molecule has 0 atom stereocenters. The van der Waals surface area contributed by atoms with Gasteiger partial charge in [0.1, 0.15) is 5.75 Å². The van der Waals surface area contributed by atoms with Gasteiger partial charge in [0, 0.05) is 6.42 Å². The highest BCUT2D eigenvalue weighted by Crippen LogP contribution is 2.43. The molecule has 0 saturated heterocycles. The lowest BCUT2D eigenvalue weighted by Gasteiger charge is -2.18. The van der Waals surface area contributed by atoms with Crippen molar-refractivity contribution in [1.82, 2.24) is 0 Å². The maximum atomic E-state index is 12.9. The van der Waals surface area contributed by atoms with Gasteiger partial charge in [-0.15, -0.1) is 0 Å². The number of carbonyl (C=O) groups excluding carboxylic acids is 1. The highest BCUT2D eigenvalue weighted by atomic mass is 16.5. The number of hydrogen-bond acceptors (Lipinski definition) is 5. The van der Waals surface area contributed by atoms with Gasteiger partial charge in [-0.3, -0.25) is 4.79 Å². The number of benzene rings is 2. The molecule has 0 aliphatic carbocycles. The molecule has 25 heavy (non-hydrogen) atoms. The van der Waals surface area contributed by atoms with Gasteiger partial charge in [-0.1, -0.05) is 19.1 Å².